The van der Waals surface area contributed by atoms with Gasteiger partial charge in [0.05, 0.1) is 18.0 Å². The van der Waals surface area contributed by atoms with Crippen LogP contribution in [0.4, 0.5) is 0 Å². The molecule has 1 aliphatic rings. The summed E-state index contributed by atoms with van der Waals surface area (Å²) in [5, 5.41) is 0.385. The number of para-hydroxylation sites is 1. The molecule has 2 rings (SSSR count). The Bertz CT molecular complexity index is 512. The van der Waals surface area contributed by atoms with Crippen LogP contribution in [-0.2, 0) is 9.53 Å². The van der Waals surface area contributed by atoms with Gasteiger partial charge in [-0.1, -0.05) is 22.0 Å². The van der Waals surface area contributed by atoms with Gasteiger partial charge < -0.3 is 18.9 Å². The first kappa shape index (κ1) is 14.7. The zero-order chi connectivity index (χ0) is 14.4. The minimum atomic E-state index is -0.441. The molecule has 108 valence electrons. The van der Waals surface area contributed by atoms with Gasteiger partial charge in [-0.15, -0.1) is 0 Å². The lowest BCUT2D eigenvalue weighted by molar-refractivity contribution is -0.137. The van der Waals surface area contributed by atoms with Crippen molar-refractivity contribution in [1.29, 1.82) is 0 Å². The molecule has 1 aliphatic heterocycles. The number of benzene rings is 1. The van der Waals surface area contributed by atoms with Crippen LogP contribution in [-0.4, -0.2) is 31.1 Å². The first-order valence-corrected chi connectivity index (χ1v) is 7.36. The van der Waals surface area contributed by atoms with Gasteiger partial charge in [-0.25, -0.2) is 4.79 Å². The zero-order valence-corrected chi connectivity index (χ0v) is 12.6. The molecule has 5 nitrogen and oxygen atoms in total. The summed E-state index contributed by atoms with van der Waals surface area (Å²) in [6, 6.07) is 5.37. The molecular formula is C14H15BrO5. The number of ether oxygens (including phenoxy) is 4. The highest BCUT2D eigenvalue weighted by Gasteiger charge is 2.18. The van der Waals surface area contributed by atoms with Crippen molar-refractivity contribution in [3.63, 3.8) is 0 Å². The first-order valence-electron chi connectivity index (χ1n) is 6.24. The molecule has 0 radical (unpaired) electrons. The van der Waals surface area contributed by atoms with E-state index in [1.807, 2.05) is 6.07 Å². The predicted octanol–water partition coefficient (Wildman–Crippen LogP) is 2.68. The van der Waals surface area contributed by atoms with Crippen LogP contribution in [0, 0.1) is 0 Å². The minimum Gasteiger partial charge on any atom is -0.486 e. The van der Waals surface area contributed by atoms with E-state index in [2.05, 4.69) is 15.9 Å². The van der Waals surface area contributed by atoms with E-state index in [-0.39, 0.29) is 0 Å². The lowest BCUT2D eigenvalue weighted by Crippen LogP contribution is -2.16. The summed E-state index contributed by atoms with van der Waals surface area (Å²) in [6.45, 7) is 3.06. The van der Waals surface area contributed by atoms with E-state index in [0.29, 0.717) is 48.2 Å². The van der Waals surface area contributed by atoms with Crippen molar-refractivity contribution in [1.82, 2.24) is 0 Å². The van der Waals surface area contributed by atoms with Gasteiger partial charge in [0, 0.05) is 0 Å². The highest BCUT2D eigenvalue weighted by atomic mass is 79.9. The quantitative estimate of drug-likeness (QED) is 0.356. The summed E-state index contributed by atoms with van der Waals surface area (Å²) in [5.74, 6) is 1.69. The summed E-state index contributed by atoms with van der Waals surface area (Å²) in [7, 11) is 0. The van der Waals surface area contributed by atoms with E-state index < -0.39 is 5.97 Å². The maximum Gasteiger partial charge on any atom is 0.334 e. The molecule has 6 heteroatoms. The van der Waals surface area contributed by atoms with E-state index in [4.69, 9.17) is 18.9 Å². The van der Waals surface area contributed by atoms with Crippen molar-refractivity contribution in [2.75, 3.05) is 25.2 Å². The van der Waals surface area contributed by atoms with Gasteiger partial charge in [-0.2, -0.15) is 0 Å². The van der Waals surface area contributed by atoms with Gasteiger partial charge in [0.25, 0.3) is 0 Å². The number of allylic oxidation sites excluding steroid dienone is 1. The maximum atomic E-state index is 11.4. The lowest BCUT2D eigenvalue weighted by atomic mass is 10.3. The summed E-state index contributed by atoms with van der Waals surface area (Å²) < 4.78 is 21.6. The number of halogens is 1. The Labute approximate surface area is 125 Å². The molecule has 0 amide bonds. The van der Waals surface area contributed by atoms with Gasteiger partial charge in [0.15, 0.2) is 11.5 Å². The lowest BCUT2D eigenvalue weighted by Gasteiger charge is -2.21. The fourth-order valence-electron chi connectivity index (χ4n) is 1.68. The van der Waals surface area contributed by atoms with Crippen LogP contribution in [0.15, 0.2) is 30.0 Å². The van der Waals surface area contributed by atoms with E-state index in [1.54, 1.807) is 19.1 Å². The van der Waals surface area contributed by atoms with Crippen molar-refractivity contribution in [3.8, 4) is 17.2 Å². The number of carbonyl (C=O) groups is 1. The molecule has 1 aromatic rings. The van der Waals surface area contributed by atoms with Crippen molar-refractivity contribution >= 4 is 21.9 Å². The summed E-state index contributed by atoms with van der Waals surface area (Å²) in [6.07, 6.45) is 1.31. The van der Waals surface area contributed by atoms with Gasteiger partial charge in [-0.3, -0.25) is 0 Å². The Morgan fingerprint density at radius 3 is 2.95 bits per heavy atom. The smallest absolute Gasteiger partial charge is 0.334 e. The number of alkyl halides is 1. The number of hydrogen-bond donors (Lipinski definition) is 0. The van der Waals surface area contributed by atoms with Gasteiger partial charge in [-0.05, 0) is 19.1 Å². The largest absolute Gasteiger partial charge is 0.486 e. The van der Waals surface area contributed by atoms with Crippen molar-refractivity contribution in [2.24, 2.45) is 0 Å². The van der Waals surface area contributed by atoms with Crippen molar-refractivity contribution in [3.05, 3.63) is 30.0 Å². The third kappa shape index (κ3) is 3.66. The van der Waals surface area contributed by atoms with E-state index in [0.717, 1.165) is 0 Å². The molecule has 1 heterocycles. The average Bonchev–Trinajstić information content (AvgIpc) is 2.47. The second kappa shape index (κ2) is 7.19. The molecule has 0 N–H and O–H groups in total. The molecule has 0 saturated carbocycles. The molecule has 0 spiro atoms. The van der Waals surface area contributed by atoms with Gasteiger partial charge >= 0.3 is 5.97 Å². The first-order chi connectivity index (χ1) is 9.74. The van der Waals surface area contributed by atoms with Crippen molar-refractivity contribution < 1.29 is 23.7 Å². The topological polar surface area (TPSA) is 54.0 Å². The number of rotatable bonds is 5. The molecule has 0 unspecified atom stereocenters. The van der Waals surface area contributed by atoms with Gasteiger partial charge in [0.2, 0.25) is 5.75 Å². The Kier molecular flexibility index (Phi) is 5.29. The number of fused-ring (bicyclic) bond motifs is 1. The Morgan fingerprint density at radius 2 is 2.20 bits per heavy atom. The van der Waals surface area contributed by atoms with E-state index in [1.165, 1.54) is 6.08 Å². The minimum absolute atomic E-state index is 0.322. The maximum absolute atomic E-state index is 11.4. The molecule has 1 aromatic carbocycles. The SMILES string of the molecule is CCOC(=O)/C=C(/CBr)Oc1cccc2c1OCCO2. The van der Waals surface area contributed by atoms with Crippen LogP contribution in [0.1, 0.15) is 6.92 Å². The van der Waals surface area contributed by atoms with Gasteiger partial charge in [0.1, 0.15) is 19.0 Å². The molecule has 0 atom stereocenters. The van der Waals surface area contributed by atoms with Crippen LogP contribution in [0.25, 0.3) is 0 Å². The number of carbonyl (C=O) groups excluding carboxylic acids is 1. The highest BCUT2D eigenvalue weighted by Crippen LogP contribution is 2.39. The number of hydrogen-bond acceptors (Lipinski definition) is 5. The Morgan fingerprint density at radius 1 is 1.40 bits per heavy atom. The zero-order valence-electron chi connectivity index (χ0n) is 11.1. The second-order valence-electron chi connectivity index (χ2n) is 3.88. The Balaban J connectivity index is 2.17. The normalized spacial score (nSPS) is 13.8. The monoisotopic (exact) mass is 342 g/mol. The fourth-order valence-corrected chi connectivity index (χ4v) is 1.96. The summed E-state index contributed by atoms with van der Waals surface area (Å²) in [5.41, 5.74) is 0. The van der Waals surface area contributed by atoms with Crippen LogP contribution in [0.3, 0.4) is 0 Å². The summed E-state index contributed by atoms with van der Waals surface area (Å²) in [4.78, 5) is 11.4. The standard InChI is InChI=1S/C14H15BrO5/c1-2-17-13(16)8-10(9-15)20-12-5-3-4-11-14(12)19-7-6-18-11/h3-5,8H,2,6-7,9H2,1H3/b10-8-. The molecule has 0 fully saturated rings. The second-order valence-corrected chi connectivity index (χ2v) is 4.44. The van der Waals surface area contributed by atoms with Crippen molar-refractivity contribution in [2.45, 2.75) is 6.92 Å². The molecule has 20 heavy (non-hydrogen) atoms. The van der Waals surface area contributed by atoms with Crippen LogP contribution in [0.2, 0.25) is 0 Å². The Hall–Kier alpha value is -1.69. The third-order valence-corrected chi connectivity index (χ3v) is 3.02. The average molecular weight is 343 g/mol. The number of esters is 1. The molecule has 0 saturated heterocycles. The van der Waals surface area contributed by atoms with Crippen LogP contribution < -0.4 is 14.2 Å². The van der Waals surface area contributed by atoms with E-state index >= 15 is 0 Å². The molecular weight excluding hydrogens is 328 g/mol. The predicted molar refractivity (Wildman–Crippen MR) is 76.6 cm³/mol. The highest BCUT2D eigenvalue weighted by molar-refractivity contribution is 9.09. The van der Waals surface area contributed by atoms with Crippen LogP contribution in [0.5, 0.6) is 17.2 Å². The van der Waals surface area contributed by atoms with E-state index in [9.17, 15) is 4.79 Å². The van der Waals surface area contributed by atoms with Crippen LogP contribution >= 0.6 is 15.9 Å². The molecule has 0 aliphatic carbocycles. The molecule has 0 bridgehead atoms. The fraction of sp³-hybridized carbons (Fsp3) is 0.357. The third-order valence-electron chi connectivity index (χ3n) is 2.47. The summed E-state index contributed by atoms with van der Waals surface area (Å²) >= 11 is 3.28. The molecule has 0 aromatic heterocycles.